The second-order valence-electron chi connectivity index (χ2n) is 4.94. The van der Waals surface area contributed by atoms with Crippen LogP contribution < -0.4 is 0 Å². The molecule has 0 spiro atoms. The van der Waals surface area contributed by atoms with E-state index in [4.69, 9.17) is 18.9 Å². The van der Waals surface area contributed by atoms with Crippen molar-refractivity contribution in [2.45, 2.75) is 57.5 Å². The molecule has 0 unspecified atom stereocenters. The lowest BCUT2D eigenvalue weighted by Crippen LogP contribution is -2.60. The van der Waals surface area contributed by atoms with Crippen LogP contribution in [0.2, 0.25) is 0 Å². The van der Waals surface area contributed by atoms with Gasteiger partial charge in [-0.2, -0.15) is 0 Å². The first-order valence-electron chi connectivity index (χ1n) is 7.19. The molecule has 1 heterocycles. The molecule has 1 aliphatic heterocycles. The number of aliphatic hydroxyl groups excluding tert-OH is 1. The maximum atomic E-state index is 11.4. The Labute approximate surface area is 138 Å². The molecule has 0 aromatic rings. The third-order valence-corrected chi connectivity index (χ3v) is 4.24. The second-order valence-corrected chi connectivity index (χ2v) is 6.39. The van der Waals surface area contributed by atoms with Gasteiger partial charge in [0.2, 0.25) is 0 Å². The van der Waals surface area contributed by atoms with Crippen LogP contribution in [0, 0.1) is 0 Å². The summed E-state index contributed by atoms with van der Waals surface area (Å²) in [5.41, 5.74) is 0. The van der Waals surface area contributed by atoms with Crippen molar-refractivity contribution in [1.82, 2.24) is 0 Å². The smallest absolute Gasteiger partial charge is 0.303 e. The Hall–Kier alpha value is -1.32. The van der Waals surface area contributed by atoms with Crippen LogP contribution in [0.5, 0.6) is 0 Å². The average molecular weight is 350 g/mol. The summed E-state index contributed by atoms with van der Waals surface area (Å²) in [5.74, 6) is -1.09. The number of rotatable bonds is 6. The molecular formula is C14H22O8S. The van der Waals surface area contributed by atoms with Crippen molar-refractivity contribution in [1.29, 1.82) is 0 Å². The van der Waals surface area contributed by atoms with Crippen LogP contribution >= 0.6 is 11.8 Å². The summed E-state index contributed by atoms with van der Waals surface area (Å²) in [6, 6.07) is 0. The number of aliphatic hydroxyl groups is 1. The highest BCUT2D eigenvalue weighted by Gasteiger charge is 2.49. The quantitative estimate of drug-likeness (QED) is 0.532. The minimum atomic E-state index is -1.25. The Balaban J connectivity index is 3.04. The first kappa shape index (κ1) is 19.7. The molecule has 1 aliphatic rings. The molecule has 8 nitrogen and oxygen atoms in total. The highest BCUT2D eigenvalue weighted by atomic mass is 32.2. The van der Waals surface area contributed by atoms with Gasteiger partial charge < -0.3 is 24.1 Å². The van der Waals surface area contributed by atoms with Crippen molar-refractivity contribution in [3.8, 4) is 0 Å². The van der Waals surface area contributed by atoms with E-state index < -0.39 is 47.8 Å². The Kier molecular flexibility index (Phi) is 7.80. The van der Waals surface area contributed by atoms with E-state index in [2.05, 4.69) is 0 Å². The van der Waals surface area contributed by atoms with Crippen LogP contribution in [0.25, 0.3) is 0 Å². The summed E-state index contributed by atoms with van der Waals surface area (Å²) in [5, 5.41) is 9.53. The van der Waals surface area contributed by atoms with Gasteiger partial charge in [0.1, 0.15) is 12.7 Å². The zero-order valence-corrected chi connectivity index (χ0v) is 14.3. The van der Waals surface area contributed by atoms with E-state index in [-0.39, 0.29) is 6.61 Å². The molecule has 0 saturated carbocycles. The van der Waals surface area contributed by atoms with Crippen LogP contribution in [0.3, 0.4) is 0 Å². The van der Waals surface area contributed by atoms with Gasteiger partial charge >= 0.3 is 17.9 Å². The molecule has 0 amide bonds. The monoisotopic (exact) mass is 350 g/mol. The molecule has 5 atom stereocenters. The van der Waals surface area contributed by atoms with E-state index in [0.717, 1.165) is 0 Å². The first-order chi connectivity index (χ1) is 10.8. The molecule has 0 radical (unpaired) electrons. The predicted octanol–water partition coefficient (Wildman–Crippen LogP) is 0.252. The van der Waals surface area contributed by atoms with Crippen LogP contribution in [0.4, 0.5) is 0 Å². The fourth-order valence-corrected chi connectivity index (χ4v) is 3.27. The van der Waals surface area contributed by atoms with Crippen LogP contribution in [0.1, 0.15) is 27.7 Å². The zero-order chi connectivity index (χ0) is 17.6. The van der Waals surface area contributed by atoms with Crippen LogP contribution in [-0.4, -0.2) is 65.2 Å². The summed E-state index contributed by atoms with van der Waals surface area (Å²) in [6.45, 7) is 5.29. The molecule has 0 aromatic carbocycles. The van der Waals surface area contributed by atoms with E-state index in [0.29, 0.717) is 5.75 Å². The number of esters is 3. The molecular weight excluding hydrogens is 328 g/mol. The number of carbonyl (C=O) groups excluding carboxylic acids is 3. The summed E-state index contributed by atoms with van der Waals surface area (Å²) < 4.78 is 20.8. The molecule has 132 valence electrons. The molecule has 23 heavy (non-hydrogen) atoms. The SMILES string of the molecule is CCS[C@@H]1[C@@H](OC(C)=O)[C@H](OC(C)=O)[C@@H](COC(C)=O)O[C@H]1O. The molecule has 1 saturated heterocycles. The van der Waals surface area contributed by atoms with Crippen molar-refractivity contribution in [2.75, 3.05) is 12.4 Å². The van der Waals surface area contributed by atoms with Crippen molar-refractivity contribution in [3.05, 3.63) is 0 Å². The average Bonchev–Trinajstić information content (AvgIpc) is 2.42. The fourth-order valence-electron chi connectivity index (χ4n) is 2.26. The molecule has 0 aromatic heterocycles. The zero-order valence-electron chi connectivity index (χ0n) is 13.5. The van der Waals surface area contributed by atoms with Gasteiger partial charge in [0.05, 0.1) is 5.25 Å². The largest absolute Gasteiger partial charge is 0.463 e. The Bertz CT molecular complexity index is 440. The van der Waals surface area contributed by atoms with Gasteiger partial charge in [-0.3, -0.25) is 14.4 Å². The predicted molar refractivity (Wildman–Crippen MR) is 80.5 cm³/mol. The first-order valence-corrected chi connectivity index (χ1v) is 8.24. The van der Waals surface area contributed by atoms with Gasteiger partial charge in [-0.25, -0.2) is 0 Å². The Morgan fingerprint density at radius 1 is 1.04 bits per heavy atom. The van der Waals surface area contributed by atoms with Crippen molar-refractivity contribution >= 4 is 29.7 Å². The number of carbonyl (C=O) groups is 3. The lowest BCUT2D eigenvalue weighted by atomic mass is 10.0. The van der Waals surface area contributed by atoms with E-state index in [9.17, 15) is 19.5 Å². The van der Waals surface area contributed by atoms with Gasteiger partial charge in [0.25, 0.3) is 0 Å². The molecule has 1 fully saturated rings. The third-order valence-electron chi connectivity index (χ3n) is 3.02. The van der Waals surface area contributed by atoms with E-state index in [1.54, 1.807) is 0 Å². The van der Waals surface area contributed by atoms with Crippen molar-refractivity contribution < 1.29 is 38.4 Å². The van der Waals surface area contributed by atoms with Crippen LogP contribution in [-0.2, 0) is 33.3 Å². The Morgan fingerprint density at radius 2 is 1.61 bits per heavy atom. The third kappa shape index (κ3) is 6.00. The minimum absolute atomic E-state index is 0.231. The number of thioether (sulfide) groups is 1. The van der Waals surface area contributed by atoms with Crippen molar-refractivity contribution in [2.24, 2.45) is 0 Å². The van der Waals surface area contributed by atoms with E-state index >= 15 is 0 Å². The lowest BCUT2D eigenvalue weighted by Gasteiger charge is -2.43. The number of hydrogen-bond acceptors (Lipinski definition) is 9. The standard InChI is InChI=1S/C14H22O8S/c1-5-23-13-12(21-9(4)17)11(20-8(3)16)10(22-14(13)18)6-19-7(2)15/h10-14,18H,5-6H2,1-4H3/t10-,11-,12+,13-,14-/m1/s1. The van der Waals surface area contributed by atoms with E-state index in [1.807, 2.05) is 6.92 Å². The summed E-state index contributed by atoms with van der Waals surface area (Å²) in [7, 11) is 0. The maximum absolute atomic E-state index is 11.4. The highest BCUT2D eigenvalue weighted by Crippen LogP contribution is 2.33. The molecule has 0 aliphatic carbocycles. The van der Waals surface area contributed by atoms with Gasteiger partial charge in [0, 0.05) is 20.8 Å². The Morgan fingerprint density at radius 3 is 2.09 bits per heavy atom. The van der Waals surface area contributed by atoms with E-state index in [1.165, 1.54) is 32.5 Å². The second kappa shape index (κ2) is 9.09. The maximum Gasteiger partial charge on any atom is 0.303 e. The molecule has 1 rings (SSSR count). The normalized spacial score (nSPS) is 30.4. The van der Waals surface area contributed by atoms with Crippen molar-refractivity contribution in [3.63, 3.8) is 0 Å². The van der Waals surface area contributed by atoms with Gasteiger partial charge in [-0.15, -0.1) is 11.8 Å². The lowest BCUT2D eigenvalue weighted by molar-refractivity contribution is -0.249. The molecule has 9 heteroatoms. The highest BCUT2D eigenvalue weighted by molar-refractivity contribution is 7.99. The van der Waals surface area contributed by atoms with Gasteiger partial charge in [0.15, 0.2) is 18.5 Å². The summed E-state index contributed by atoms with van der Waals surface area (Å²) >= 11 is 1.32. The topological polar surface area (TPSA) is 108 Å². The van der Waals surface area contributed by atoms with Gasteiger partial charge in [-0.1, -0.05) is 6.92 Å². The number of ether oxygens (including phenoxy) is 4. The molecule has 0 bridgehead atoms. The van der Waals surface area contributed by atoms with Gasteiger partial charge in [-0.05, 0) is 5.75 Å². The number of hydrogen-bond donors (Lipinski definition) is 1. The summed E-state index contributed by atoms with van der Waals surface area (Å²) in [4.78, 5) is 33.8. The molecule has 1 N–H and O–H groups in total. The van der Waals surface area contributed by atoms with Crippen LogP contribution in [0.15, 0.2) is 0 Å². The minimum Gasteiger partial charge on any atom is -0.463 e. The summed E-state index contributed by atoms with van der Waals surface area (Å²) in [6.07, 6.45) is -4.08. The fraction of sp³-hybridized carbons (Fsp3) is 0.786.